The maximum absolute atomic E-state index is 9.75. The number of rotatable bonds is 4. The molecule has 0 bridgehead atoms. The van der Waals surface area contributed by atoms with Crippen LogP contribution < -0.4 is 5.32 Å². The lowest BCUT2D eigenvalue weighted by molar-refractivity contribution is 0.144. The fraction of sp³-hybridized carbons (Fsp3) is 0.692. The summed E-state index contributed by atoms with van der Waals surface area (Å²) in [5.41, 5.74) is 0. The fourth-order valence-corrected chi connectivity index (χ4v) is 3.47. The average Bonchev–Trinajstić information content (AvgIpc) is 2.77. The summed E-state index contributed by atoms with van der Waals surface area (Å²) in [7, 11) is 0. The largest absolute Gasteiger partial charge is 0.392 e. The summed E-state index contributed by atoms with van der Waals surface area (Å²) in [6.07, 6.45) is 4.18. The highest BCUT2D eigenvalue weighted by molar-refractivity contribution is 7.11. The number of nitrogens with one attached hydrogen (secondary N) is 1. The monoisotopic (exact) mass is 239 g/mol. The zero-order valence-corrected chi connectivity index (χ0v) is 10.9. The Bertz CT molecular complexity index is 336. The summed E-state index contributed by atoms with van der Waals surface area (Å²) in [6, 6.07) is 5.16. The van der Waals surface area contributed by atoms with Crippen molar-refractivity contribution in [3.63, 3.8) is 0 Å². The molecule has 16 heavy (non-hydrogen) atoms. The first-order valence-corrected chi connectivity index (χ1v) is 6.96. The molecule has 3 atom stereocenters. The highest BCUT2D eigenvalue weighted by Gasteiger charge is 2.25. The molecular weight excluding hydrogens is 218 g/mol. The van der Waals surface area contributed by atoms with Gasteiger partial charge in [-0.05, 0) is 51.7 Å². The van der Waals surface area contributed by atoms with Crippen LogP contribution in [-0.4, -0.2) is 23.3 Å². The van der Waals surface area contributed by atoms with Crippen molar-refractivity contribution in [2.45, 2.75) is 57.7 Å². The Balaban J connectivity index is 1.82. The number of aliphatic hydroxyl groups is 1. The molecule has 1 heterocycles. The van der Waals surface area contributed by atoms with Crippen molar-refractivity contribution in [3.8, 4) is 0 Å². The fourth-order valence-electron chi connectivity index (χ4n) is 2.46. The van der Waals surface area contributed by atoms with Crippen molar-refractivity contribution in [3.05, 3.63) is 21.9 Å². The van der Waals surface area contributed by atoms with E-state index in [1.54, 1.807) is 0 Å². The zero-order valence-electron chi connectivity index (χ0n) is 10.1. The summed E-state index contributed by atoms with van der Waals surface area (Å²) in [5, 5.41) is 13.3. The molecule has 0 radical (unpaired) electrons. The molecule has 1 aliphatic carbocycles. The van der Waals surface area contributed by atoms with Gasteiger partial charge >= 0.3 is 0 Å². The number of hydrogen-bond donors (Lipinski definition) is 2. The Morgan fingerprint density at radius 2 is 2.31 bits per heavy atom. The lowest BCUT2D eigenvalue weighted by Gasteiger charge is -2.21. The number of thiophene rings is 1. The molecule has 90 valence electrons. The normalized spacial score (nSPS) is 27.2. The van der Waals surface area contributed by atoms with Crippen LogP contribution in [0.5, 0.6) is 0 Å². The molecule has 1 aromatic heterocycles. The van der Waals surface area contributed by atoms with E-state index in [1.807, 2.05) is 11.3 Å². The number of aliphatic hydroxyl groups excluding tert-OH is 1. The molecule has 1 fully saturated rings. The molecule has 0 aliphatic heterocycles. The molecule has 2 rings (SSSR count). The van der Waals surface area contributed by atoms with Crippen LogP contribution in [-0.2, 0) is 6.42 Å². The van der Waals surface area contributed by atoms with Gasteiger partial charge < -0.3 is 10.4 Å². The maximum atomic E-state index is 9.75. The van der Waals surface area contributed by atoms with Crippen LogP contribution in [0.2, 0.25) is 0 Å². The molecule has 0 amide bonds. The lowest BCUT2D eigenvalue weighted by atomic mass is 10.1. The van der Waals surface area contributed by atoms with Gasteiger partial charge in [0.1, 0.15) is 0 Å². The van der Waals surface area contributed by atoms with E-state index in [-0.39, 0.29) is 6.10 Å². The van der Waals surface area contributed by atoms with Gasteiger partial charge in [0.15, 0.2) is 0 Å². The van der Waals surface area contributed by atoms with Gasteiger partial charge in [-0.1, -0.05) is 0 Å². The topological polar surface area (TPSA) is 32.3 Å². The lowest BCUT2D eigenvalue weighted by Crippen LogP contribution is -2.42. The average molecular weight is 239 g/mol. The standard InChI is InChI=1S/C13H21NOS/c1-9(8-11-7-6-10(2)16-11)14-12-4-3-5-13(12)15/h6-7,9,12-15H,3-5,8H2,1-2H3/t9?,12-,13-/m1/s1. The van der Waals surface area contributed by atoms with Crippen molar-refractivity contribution in [1.82, 2.24) is 5.32 Å². The SMILES string of the molecule is Cc1ccc(CC(C)N[C@@H]2CCC[C@H]2O)s1. The Labute approximate surface area is 102 Å². The second-order valence-electron chi connectivity index (χ2n) is 4.89. The van der Waals surface area contributed by atoms with E-state index < -0.39 is 0 Å². The number of aryl methyl sites for hydroxylation is 1. The molecule has 2 nitrogen and oxygen atoms in total. The number of hydrogen-bond acceptors (Lipinski definition) is 3. The van der Waals surface area contributed by atoms with E-state index in [4.69, 9.17) is 0 Å². The van der Waals surface area contributed by atoms with Gasteiger partial charge in [-0.25, -0.2) is 0 Å². The molecule has 0 saturated heterocycles. The smallest absolute Gasteiger partial charge is 0.0693 e. The van der Waals surface area contributed by atoms with Gasteiger partial charge in [0.05, 0.1) is 6.10 Å². The zero-order chi connectivity index (χ0) is 11.5. The van der Waals surface area contributed by atoms with E-state index in [1.165, 1.54) is 9.75 Å². The first kappa shape index (κ1) is 12.1. The van der Waals surface area contributed by atoms with Crippen molar-refractivity contribution < 1.29 is 5.11 Å². The predicted molar refractivity (Wildman–Crippen MR) is 69.0 cm³/mol. The summed E-state index contributed by atoms with van der Waals surface area (Å²) in [6.45, 7) is 4.35. The third-order valence-electron chi connectivity index (χ3n) is 3.28. The minimum absolute atomic E-state index is 0.132. The molecule has 0 aromatic carbocycles. The second kappa shape index (κ2) is 5.30. The summed E-state index contributed by atoms with van der Waals surface area (Å²) in [4.78, 5) is 2.81. The maximum Gasteiger partial charge on any atom is 0.0693 e. The van der Waals surface area contributed by atoms with Crippen LogP contribution >= 0.6 is 11.3 Å². The van der Waals surface area contributed by atoms with Crippen LogP contribution in [0.4, 0.5) is 0 Å². The Hall–Kier alpha value is -0.380. The Morgan fingerprint density at radius 3 is 2.88 bits per heavy atom. The third-order valence-corrected chi connectivity index (χ3v) is 4.30. The summed E-state index contributed by atoms with van der Waals surface area (Å²) >= 11 is 1.87. The van der Waals surface area contributed by atoms with Crippen LogP contribution in [0.25, 0.3) is 0 Å². The molecule has 1 aliphatic rings. The van der Waals surface area contributed by atoms with Crippen LogP contribution in [0, 0.1) is 6.92 Å². The van der Waals surface area contributed by atoms with E-state index in [0.29, 0.717) is 12.1 Å². The Kier molecular flexibility index (Phi) is 4.00. The van der Waals surface area contributed by atoms with Gasteiger partial charge in [-0.3, -0.25) is 0 Å². The van der Waals surface area contributed by atoms with Gasteiger partial charge in [-0.15, -0.1) is 11.3 Å². The molecule has 3 heteroatoms. The van der Waals surface area contributed by atoms with Crippen molar-refractivity contribution >= 4 is 11.3 Å². The highest BCUT2D eigenvalue weighted by Crippen LogP contribution is 2.21. The highest BCUT2D eigenvalue weighted by atomic mass is 32.1. The van der Waals surface area contributed by atoms with Crippen LogP contribution in [0.3, 0.4) is 0 Å². The quantitative estimate of drug-likeness (QED) is 0.846. The van der Waals surface area contributed by atoms with Gasteiger partial charge in [0.25, 0.3) is 0 Å². The van der Waals surface area contributed by atoms with E-state index in [9.17, 15) is 5.11 Å². The van der Waals surface area contributed by atoms with Gasteiger partial charge in [0.2, 0.25) is 0 Å². The predicted octanol–water partition coefficient (Wildman–Crippen LogP) is 2.49. The summed E-state index contributed by atoms with van der Waals surface area (Å²) in [5.74, 6) is 0. The molecule has 0 spiro atoms. The first-order chi connectivity index (χ1) is 7.65. The second-order valence-corrected chi connectivity index (χ2v) is 6.26. The van der Waals surface area contributed by atoms with E-state index >= 15 is 0 Å². The molecule has 1 saturated carbocycles. The van der Waals surface area contributed by atoms with Crippen molar-refractivity contribution in [1.29, 1.82) is 0 Å². The third kappa shape index (κ3) is 3.06. The van der Waals surface area contributed by atoms with Gasteiger partial charge in [0, 0.05) is 21.8 Å². The van der Waals surface area contributed by atoms with E-state index in [2.05, 4.69) is 31.3 Å². The molecular formula is C13H21NOS. The van der Waals surface area contributed by atoms with Crippen molar-refractivity contribution in [2.75, 3.05) is 0 Å². The molecule has 1 unspecified atom stereocenters. The van der Waals surface area contributed by atoms with Gasteiger partial charge in [-0.2, -0.15) is 0 Å². The van der Waals surface area contributed by atoms with E-state index in [0.717, 1.165) is 25.7 Å². The van der Waals surface area contributed by atoms with Crippen LogP contribution in [0.1, 0.15) is 35.9 Å². The molecule has 2 N–H and O–H groups in total. The minimum atomic E-state index is -0.132. The Morgan fingerprint density at radius 1 is 1.50 bits per heavy atom. The summed E-state index contributed by atoms with van der Waals surface area (Å²) < 4.78 is 0. The van der Waals surface area contributed by atoms with Crippen LogP contribution in [0.15, 0.2) is 12.1 Å². The molecule has 1 aromatic rings. The first-order valence-electron chi connectivity index (χ1n) is 6.14. The van der Waals surface area contributed by atoms with Crippen molar-refractivity contribution in [2.24, 2.45) is 0 Å². The minimum Gasteiger partial charge on any atom is -0.392 e.